The lowest BCUT2D eigenvalue weighted by molar-refractivity contribution is -0.380. The molecule has 0 N–H and O–H groups in total. The van der Waals surface area contributed by atoms with Crippen LogP contribution >= 0.6 is 34.5 Å². The van der Waals surface area contributed by atoms with Gasteiger partial charge in [-0.1, -0.05) is 34.5 Å². The monoisotopic (exact) mass is 247 g/mol. The summed E-state index contributed by atoms with van der Waals surface area (Å²) in [6.07, 6.45) is 0. The van der Waals surface area contributed by atoms with Crippen molar-refractivity contribution in [1.82, 2.24) is 0 Å². The molecule has 0 unspecified atom stereocenters. The van der Waals surface area contributed by atoms with Gasteiger partial charge < -0.3 is 0 Å². The molecule has 1 aromatic carbocycles. The zero-order valence-electron chi connectivity index (χ0n) is 6.66. The van der Waals surface area contributed by atoms with E-state index in [0.29, 0.717) is 15.4 Å². The van der Waals surface area contributed by atoms with E-state index in [0.717, 1.165) is 16.0 Å². The van der Waals surface area contributed by atoms with Gasteiger partial charge in [-0.05, 0) is 12.1 Å². The van der Waals surface area contributed by atoms with Crippen LogP contribution in [-0.4, -0.2) is 4.92 Å². The Morgan fingerprint density at radius 1 is 1.29 bits per heavy atom. The highest BCUT2D eigenvalue weighted by Gasteiger charge is 2.13. The van der Waals surface area contributed by atoms with Crippen LogP contribution in [0.3, 0.4) is 0 Å². The van der Waals surface area contributed by atoms with Crippen molar-refractivity contribution >= 4 is 49.6 Å². The Kier molecular flexibility index (Phi) is 2.34. The first kappa shape index (κ1) is 9.71. The number of hydrogen-bond donors (Lipinski definition) is 0. The van der Waals surface area contributed by atoms with Gasteiger partial charge in [-0.2, -0.15) is 0 Å². The summed E-state index contributed by atoms with van der Waals surface area (Å²) >= 11 is 12.7. The summed E-state index contributed by atoms with van der Waals surface area (Å²) in [5.41, 5.74) is 0. The third-order valence-electron chi connectivity index (χ3n) is 1.72. The lowest BCUT2D eigenvalue weighted by Crippen LogP contribution is -1.80. The lowest BCUT2D eigenvalue weighted by atomic mass is 10.2. The van der Waals surface area contributed by atoms with Crippen molar-refractivity contribution < 1.29 is 4.92 Å². The van der Waals surface area contributed by atoms with E-state index in [2.05, 4.69) is 0 Å². The number of hydrogen-bond acceptors (Lipinski definition) is 3. The standard InChI is InChI=1S/C8H3Cl2NO2S/c9-4-1-6(10)5-3-8(11(12)13)14-7(5)2-4/h1-3H. The molecule has 14 heavy (non-hydrogen) atoms. The quantitative estimate of drug-likeness (QED) is 0.562. The second-order valence-corrected chi connectivity index (χ2v) is 4.55. The van der Waals surface area contributed by atoms with E-state index in [-0.39, 0.29) is 5.00 Å². The minimum Gasteiger partial charge on any atom is -0.258 e. The van der Waals surface area contributed by atoms with E-state index < -0.39 is 4.92 Å². The number of fused-ring (bicyclic) bond motifs is 1. The predicted molar refractivity (Wildman–Crippen MR) is 58.5 cm³/mol. The zero-order chi connectivity index (χ0) is 10.3. The molecule has 0 bridgehead atoms. The van der Waals surface area contributed by atoms with Crippen molar-refractivity contribution in [1.29, 1.82) is 0 Å². The molecule has 0 spiro atoms. The Bertz CT molecular complexity index is 523. The normalized spacial score (nSPS) is 10.7. The van der Waals surface area contributed by atoms with E-state index in [1.807, 2.05) is 0 Å². The second-order valence-electron chi connectivity index (χ2n) is 2.64. The van der Waals surface area contributed by atoms with Gasteiger partial charge in [0, 0.05) is 21.2 Å². The van der Waals surface area contributed by atoms with Crippen LogP contribution in [0.15, 0.2) is 18.2 Å². The van der Waals surface area contributed by atoms with Crippen molar-refractivity contribution in [3.63, 3.8) is 0 Å². The third-order valence-corrected chi connectivity index (χ3v) is 3.28. The molecule has 0 atom stereocenters. The van der Waals surface area contributed by atoms with Gasteiger partial charge in [0.05, 0.1) is 9.95 Å². The van der Waals surface area contributed by atoms with E-state index in [9.17, 15) is 10.1 Å². The first-order valence-corrected chi connectivity index (χ1v) is 5.18. The fourth-order valence-corrected chi connectivity index (χ4v) is 2.75. The van der Waals surface area contributed by atoms with Crippen molar-refractivity contribution in [2.24, 2.45) is 0 Å². The Morgan fingerprint density at radius 2 is 2.00 bits per heavy atom. The summed E-state index contributed by atoms with van der Waals surface area (Å²) in [4.78, 5) is 10.1. The highest BCUT2D eigenvalue weighted by Crippen LogP contribution is 2.37. The molecule has 0 aliphatic heterocycles. The summed E-state index contributed by atoms with van der Waals surface area (Å²) in [5, 5.41) is 12.2. The Hall–Kier alpha value is -0.840. The van der Waals surface area contributed by atoms with Crippen LogP contribution in [0, 0.1) is 10.1 Å². The molecule has 2 aromatic rings. The van der Waals surface area contributed by atoms with Crippen molar-refractivity contribution in [2.45, 2.75) is 0 Å². The lowest BCUT2D eigenvalue weighted by Gasteiger charge is -1.93. The number of rotatable bonds is 1. The van der Waals surface area contributed by atoms with Gasteiger partial charge in [0.1, 0.15) is 0 Å². The average molecular weight is 248 g/mol. The second kappa shape index (κ2) is 3.38. The molecular formula is C8H3Cl2NO2S. The fourth-order valence-electron chi connectivity index (χ4n) is 1.14. The van der Waals surface area contributed by atoms with Crippen molar-refractivity contribution in [3.05, 3.63) is 38.4 Å². The SMILES string of the molecule is O=[N+]([O-])c1cc2c(Cl)cc(Cl)cc2s1. The molecule has 0 amide bonds. The van der Waals surface area contributed by atoms with E-state index in [4.69, 9.17) is 23.2 Å². The average Bonchev–Trinajstić information content (AvgIpc) is 2.47. The summed E-state index contributed by atoms with van der Waals surface area (Å²) in [7, 11) is 0. The molecule has 72 valence electrons. The van der Waals surface area contributed by atoms with Gasteiger partial charge >= 0.3 is 5.00 Å². The molecule has 0 radical (unpaired) electrons. The zero-order valence-corrected chi connectivity index (χ0v) is 8.99. The highest BCUT2D eigenvalue weighted by atomic mass is 35.5. The van der Waals surface area contributed by atoms with Crippen LogP contribution in [0.25, 0.3) is 10.1 Å². The number of halogens is 2. The minimum absolute atomic E-state index is 0.0733. The molecule has 0 aliphatic rings. The Morgan fingerprint density at radius 3 is 2.64 bits per heavy atom. The van der Waals surface area contributed by atoms with Crippen LogP contribution in [0.1, 0.15) is 0 Å². The van der Waals surface area contributed by atoms with Crippen LogP contribution < -0.4 is 0 Å². The Balaban J connectivity index is 2.76. The molecule has 2 rings (SSSR count). The number of thiophene rings is 1. The number of nitro groups is 1. The molecule has 0 fully saturated rings. The summed E-state index contributed by atoms with van der Waals surface area (Å²) in [6, 6.07) is 4.70. The largest absolute Gasteiger partial charge is 0.325 e. The summed E-state index contributed by atoms with van der Waals surface area (Å²) in [5.74, 6) is 0. The summed E-state index contributed by atoms with van der Waals surface area (Å²) < 4.78 is 0.731. The third kappa shape index (κ3) is 1.56. The molecule has 0 saturated heterocycles. The van der Waals surface area contributed by atoms with Gasteiger partial charge in [-0.15, -0.1) is 0 Å². The van der Waals surface area contributed by atoms with Gasteiger partial charge in [0.15, 0.2) is 0 Å². The maximum absolute atomic E-state index is 10.5. The van der Waals surface area contributed by atoms with Crippen molar-refractivity contribution in [2.75, 3.05) is 0 Å². The first-order valence-electron chi connectivity index (χ1n) is 3.61. The number of benzene rings is 1. The topological polar surface area (TPSA) is 43.1 Å². The maximum atomic E-state index is 10.5. The molecule has 0 saturated carbocycles. The van der Waals surface area contributed by atoms with Crippen LogP contribution in [0.4, 0.5) is 5.00 Å². The Labute approximate surface area is 93.0 Å². The molecule has 3 nitrogen and oxygen atoms in total. The van der Waals surface area contributed by atoms with Crippen LogP contribution in [0.5, 0.6) is 0 Å². The first-order chi connectivity index (χ1) is 6.58. The molecule has 1 aromatic heterocycles. The molecular weight excluding hydrogens is 245 g/mol. The fraction of sp³-hybridized carbons (Fsp3) is 0. The predicted octanol–water partition coefficient (Wildman–Crippen LogP) is 4.12. The molecule has 6 heteroatoms. The van der Waals surface area contributed by atoms with E-state index in [1.54, 1.807) is 12.1 Å². The molecule has 0 aliphatic carbocycles. The van der Waals surface area contributed by atoms with Crippen LogP contribution in [0.2, 0.25) is 10.0 Å². The molecule has 1 heterocycles. The van der Waals surface area contributed by atoms with E-state index >= 15 is 0 Å². The minimum atomic E-state index is -0.436. The van der Waals surface area contributed by atoms with Gasteiger partial charge in [-0.3, -0.25) is 10.1 Å². The number of nitrogens with zero attached hydrogens (tertiary/aromatic N) is 1. The van der Waals surface area contributed by atoms with Crippen molar-refractivity contribution in [3.8, 4) is 0 Å². The van der Waals surface area contributed by atoms with Crippen LogP contribution in [-0.2, 0) is 0 Å². The van der Waals surface area contributed by atoms with E-state index in [1.165, 1.54) is 6.07 Å². The smallest absolute Gasteiger partial charge is 0.258 e. The highest BCUT2D eigenvalue weighted by molar-refractivity contribution is 7.22. The summed E-state index contributed by atoms with van der Waals surface area (Å²) in [6.45, 7) is 0. The maximum Gasteiger partial charge on any atom is 0.325 e. The van der Waals surface area contributed by atoms with Gasteiger partial charge in [-0.25, -0.2) is 0 Å². The van der Waals surface area contributed by atoms with Gasteiger partial charge in [0.2, 0.25) is 0 Å². The van der Waals surface area contributed by atoms with Gasteiger partial charge in [0.25, 0.3) is 0 Å².